The third-order valence-electron chi connectivity index (χ3n) is 3.47. The summed E-state index contributed by atoms with van der Waals surface area (Å²) in [4.78, 5) is 13.4. The van der Waals surface area contributed by atoms with Gasteiger partial charge < -0.3 is 5.11 Å². The number of carbonyl (C=O) groups excluding carboxylic acids is 1. The van der Waals surface area contributed by atoms with Crippen LogP contribution in [-0.2, 0) is 0 Å². The molecule has 0 saturated heterocycles. The Morgan fingerprint density at radius 1 is 1.05 bits per heavy atom. The van der Waals surface area contributed by atoms with Gasteiger partial charge in [-0.25, -0.2) is 0 Å². The minimum absolute atomic E-state index is 0.259. The summed E-state index contributed by atoms with van der Waals surface area (Å²) >= 11 is 1.63. The van der Waals surface area contributed by atoms with E-state index in [1.165, 1.54) is 0 Å². The van der Waals surface area contributed by atoms with Gasteiger partial charge >= 0.3 is 0 Å². The molecule has 0 aliphatic rings. The van der Waals surface area contributed by atoms with E-state index >= 15 is 0 Å². The van der Waals surface area contributed by atoms with Crippen molar-refractivity contribution in [1.82, 2.24) is 0 Å². The number of thioether (sulfide) groups is 1. The number of rotatable bonds is 4. The van der Waals surface area contributed by atoms with E-state index in [9.17, 15) is 9.90 Å². The van der Waals surface area contributed by atoms with Gasteiger partial charge in [-0.3, -0.25) is 4.79 Å². The standard InChI is InChI=1S/C17H18O2S/c1-11-4-5-14(10-12(11)2)17(19)16(18)13-6-8-15(20-3)9-7-13/h4-10,16,18H,1-3H3. The first kappa shape index (κ1) is 14.8. The number of hydrogen-bond donors (Lipinski definition) is 1. The lowest BCUT2D eigenvalue weighted by molar-refractivity contribution is 0.0747. The summed E-state index contributed by atoms with van der Waals surface area (Å²) in [6.07, 6.45) is 0.888. The first-order chi connectivity index (χ1) is 9.52. The number of Topliss-reactive ketones (excluding diaryl/α,β-unsaturated/α-hetero) is 1. The zero-order chi connectivity index (χ0) is 14.7. The Morgan fingerprint density at radius 3 is 2.25 bits per heavy atom. The molecule has 0 aliphatic heterocycles. The van der Waals surface area contributed by atoms with E-state index in [1.807, 2.05) is 44.4 Å². The first-order valence-corrected chi connectivity index (χ1v) is 7.69. The maximum absolute atomic E-state index is 12.3. The second-order valence-corrected chi connectivity index (χ2v) is 5.72. The Hall–Kier alpha value is -1.58. The van der Waals surface area contributed by atoms with Crippen LogP contribution < -0.4 is 0 Å². The van der Waals surface area contributed by atoms with Crippen molar-refractivity contribution in [1.29, 1.82) is 0 Å². The number of hydrogen-bond acceptors (Lipinski definition) is 3. The van der Waals surface area contributed by atoms with Crippen LogP contribution in [0.5, 0.6) is 0 Å². The summed E-state index contributed by atoms with van der Waals surface area (Å²) in [5.74, 6) is -0.259. The Labute approximate surface area is 123 Å². The largest absolute Gasteiger partial charge is 0.380 e. The smallest absolute Gasteiger partial charge is 0.195 e. The molecule has 1 N–H and O–H groups in total. The maximum Gasteiger partial charge on any atom is 0.195 e. The average molecular weight is 286 g/mol. The summed E-state index contributed by atoms with van der Waals surface area (Å²) < 4.78 is 0. The molecule has 20 heavy (non-hydrogen) atoms. The van der Waals surface area contributed by atoms with Crippen LogP contribution in [0.2, 0.25) is 0 Å². The second-order valence-electron chi connectivity index (χ2n) is 4.84. The number of aliphatic hydroxyl groups excluding tert-OH is 1. The average Bonchev–Trinajstić information content (AvgIpc) is 2.48. The van der Waals surface area contributed by atoms with E-state index < -0.39 is 6.10 Å². The molecular formula is C17H18O2S. The highest BCUT2D eigenvalue weighted by Gasteiger charge is 2.19. The van der Waals surface area contributed by atoms with E-state index in [1.54, 1.807) is 30.0 Å². The quantitative estimate of drug-likeness (QED) is 0.683. The van der Waals surface area contributed by atoms with E-state index in [0.29, 0.717) is 11.1 Å². The molecule has 0 spiro atoms. The van der Waals surface area contributed by atoms with Gasteiger partial charge in [-0.15, -0.1) is 11.8 Å². The normalized spacial score (nSPS) is 12.2. The van der Waals surface area contributed by atoms with Crippen LogP contribution in [0.1, 0.15) is 33.2 Å². The predicted octanol–water partition coefficient (Wildman–Crippen LogP) is 3.94. The van der Waals surface area contributed by atoms with E-state index in [-0.39, 0.29) is 5.78 Å². The van der Waals surface area contributed by atoms with Gasteiger partial charge in [0, 0.05) is 10.5 Å². The molecule has 2 aromatic carbocycles. The highest BCUT2D eigenvalue weighted by atomic mass is 32.2. The molecule has 0 fully saturated rings. The molecule has 2 rings (SSSR count). The van der Waals surface area contributed by atoms with Gasteiger partial charge in [-0.1, -0.05) is 24.3 Å². The molecule has 3 heteroatoms. The van der Waals surface area contributed by atoms with Crippen molar-refractivity contribution in [3.05, 3.63) is 64.7 Å². The zero-order valence-corrected chi connectivity index (χ0v) is 12.7. The number of aryl methyl sites for hydroxylation is 2. The Morgan fingerprint density at radius 2 is 1.70 bits per heavy atom. The van der Waals surface area contributed by atoms with E-state index in [0.717, 1.165) is 16.0 Å². The van der Waals surface area contributed by atoms with Crippen molar-refractivity contribution in [3.63, 3.8) is 0 Å². The zero-order valence-electron chi connectivity index (χ0n) is 11.9. The molecule has 0 bridgehead atoms. The summed E-state index contributed by atoms with van der Waals surface area (Å²) in [7, 11) is 0. The Balaban J connectivity index is 2.24. The summed E-state index contributed by atoms with van der Waals surface area (Å²) in [5.41, 5.74) is 3.38. The van der Waals surface area contributed by atoms with Crippen LogP contribution in [0.3, 0.4) is 0 Å². The van der Waals surface area contributed by atoms with Crippen molar-refractivity contribution in [2.24, 2.45) is 0 Å². The van der Waals surface area contributed by atoms with Crippen molar-refractivity contribution in [2.45, 2.75) is 24.8 Å². The third kappa shape index (κ3) is 3.11. The number of benzene rings is 2. The van der Waals surface area contributed by atoms with Gasteiger partial charge in [-0.2, -0.15) is 0 Å². The molecule has 0 heterocycles. The van der Waals surface area contributed by atoms with Gasteiger partial charge in [0.25, 0.3) is 0 Å². The van der Waals surface area contributed by atoms with Gasteiger partial charge in [0.1, 0.15) is 6.10 Å². The van der Waals surface area contributed by atoms with Crippen molar-refractivity contribution < 1.29 is 9.90 Å². The van der Waals surface area contributed by atoms with Gasteiger partial charge in [-0.05, 0) is 55.0 Å². The molecule has 104 valence electrons. The van der Waals surface area contributed by atoms with Crippen LogP contribution in [-0.4, -0.2) is 17.1 Å². The molecular weight excluding hydrogens is 268 g/mol. The van der Waals surface area contributed by atoms with Crippen LogP contribution in [0, 0.1) is 13.8 Å². The summed E-state index contributed by atoms with van der Waals surface area (Å²) in [6, 6.07) is 12.9. The van der Waals surface area contributed by atoms with Gasteiger partial charge in [0.2, 0.25) is 0 Å². The highest BCUT2D eigenvalue weighted by molar-refractivity contribution is 7.98. The highest BCUT2D eigenvalue weighted by Crippen LogP contribution is 2.22. The molecule has 2 nitrogen and oxygen atoms in total. The number of aliphatic hydroxyl groups is 1. The minimum atomic E-state index is -1.10. The molecule has 1 unspecified atom stereocenters. The topological polar surface area (TPSA) is 37.3 Å². The van der Waals surface area contributed by atoms with Crippen molar-refractivity contribution in [3.8, 4) is 0 Å². The second kappa shape index (κ2) is 6.25. The lowest BCUT2D eigenvalue weighted by Crippen LogP contribution is -2.12. The summed E-state index contributed by atoms with van der Waals surface area (Å²) in [5, 5.41) is 10.2. The fourth-order valence-corrected chi connectivity index (χ4v) is 2.40. The van der Waals surface area contributed by atoms with Crippen LogP contribution >= 0.6 is 11.8 Å². The van der Waals surface area contributed by atoms with Crippen molar-refractivity contribution in [2.75, 3.05) is 6.26 Å². The minimum Gasteiger partial charge on any atom is -0.380 e. The van der Waals surface area contributed by atoms with Crippen LogP contribution in [0.15, 0.2) is 47.4 Å². The SMILES string of the molecule is CSc1ccc(C(O)C(=O)c2ccc(C)c(C)c2)cc1. The molecule has 1 atom stereocenters. The first-order valence-electron chi connectivity index (χ1n) is 6.46. The van der Waals surface area contributed by atoms with Gasteiger partial charge in [0.05, 0.1) is 0 Å². The lowest BCUT2D eigenvalue weighted by Gasteiger charge is -2.11. The van der Waals surface area contributed by atoms with Gasteiger partial charge in [0.15, 0.2) is 5.78 Å². The maximum atomic E-state index is 12.3. The van der Waals surface area contributed by atoms with Crippen LogP contribution in [0.25, 0.3) is 0 Å². The Kier molecular flexibility index (Phi) is 4.63. The molecule has 0 aliphatic carbocycles. The number of ketones is 1. The number of carbonyl (C=O) groups is 1. The molecule has 0 aromatic heterocycles. The summed E-state index contributed by atoms with van der Waals surface area (Å²) in [6.45, 7) is 3.97. The monoisotopic (exact) mass is 286 g/mol. The van der Waals surface area contributed by atoms with E-state index in [4.69, 9.17) is 0 Å². The predicted molar refractivity (Wildman–Crippen MR) is 83.4 cm³/mol. The molecule has 0 amide bonds. The molecule has 0 radical (unpaired) electrons. The van der Waals surface area contributed by atoms with Crippen molar-refractivity contribution >= 4 is 17.5 Å². The third-order valence-corrected chi connectivity index (χ3v) is 4.21. The molecule has 0 saturated carbocycles. The molecule has 2 aromatic rings. The fourth-order valence-electron chi connectivity index (χ4n) is 1.99. The lowest BCUT2D eigenvalue weighted by atomic mass is 9.97. The van der Waals surface area contributed by atoms with Crippen LogP contribution in [0.4, 0.5) is 0 Å². The fraction of sp³-hybridized carbons (Fsp3) is 0.235. The Bertz CT molecular complexity index is 617. The van der Waals surface area contributed by atoms with E-state index in [2.05, 4.69) is 0 Å².